The third-order valence-electron chi connectivity index (χ3n) is 2.68. The van der Waals surface area contributed by atoms with E-state index in [4.69, 9.17) is 5.11 Å². The molecule has 0 saturated carbocycles. The Hall–Kier alpha value is -0.980. The first-order chi connectivity index (χ1) is 7.95. The maximum absolute atomic E-state index is 10.7. The molecule has 0 amide bonds. The van der Waals surface area contributed by atoms with Gasteiger partial charge in [-0.25, -0.2) is 9.78 Å². The number of aliphatic hydroxyl groups excluding tert-OH is 1. The lowest BCUT2D eigenvalue weighted by atomic mass is 9.98. The van der Waals surface area contributed by atoms with Gasteiger partial charge >= 0.3 is 5.97 Å². The monoisotopic (exact) mass is 258 g/mol. The summed E-state index contributed by atoms with van der Waals surface area (Å²) in [5, 5.41) is 23.8. The van der Waals surface area contributed by atoms with Gasteiger partial charge in [-0.05, 0) is 19.4 Å². The molecule has 3 N–H and O–H groups in total. The number of carboxylic acid groups (broad SMARTS) is 1. The van der Waals surface area contributed by atoms with Crippen LogP contribution in [0.2, 0.25) is 0 Å². The number of aromatic nitrogens is 1. The molecule has 0 spiro atoms. The highest BCUT2D eigenvalue weighted by Crippen LogP contribution is 2.24. The van der Waals surface area contributed by atoms with Gasteiger partial charge < -0.3 is 15.5 Å². The van der Waals surface area contributed by atoms with E-state index in [-0.39, 0.29) is 11.7 Å². The van der Waals surface area contributed by atoms with E-state index < -0.39 is 12.1 Å². The van der Waals surface area contributed by atoms with Crippen molar-refractivity contribution in [2.75, 3.05) is 7.05 Å². The Labute approximate surface area is 105 Å². The summed E-state index contributed by atoms with van der Waals surface area (Å²) >= 11 is 1.18. The number of aliphatic hydroxyl groups is 1. The van der Waals surface area contributed by atoms with Crippen LogP contribution in [0.4, 0.5) is 0 Å². The van der Waals surface area contributed by atoms with Crippen molar-refractivity contribution >= 4 is 17.3 Å². The van der Waals surface area contributed by atoms with Crippen molar-refractivity contribution in [3.05, 3.63) is 16.1 Å². The maximum atomic E-state index is 10.7. The Morgan fingerprint density at radius 2 is 2.24 bits per heavy atom. The molecule has 0 fully saturated rings. The normalized spacial score (nSPS) is 14.9. The maximum Gasteiger partial charge on any atom is 0.355 e. The first-order valence-electron chi connectivity index (χ1n) is 5.49. The number of hydrogen-bond donors (Lipinski definition) is 3. The van der Waals surface area contributed by atoms with Crippen molar-refractivity contribution in [3.8, 4) is 0 Å². The van der Waals surface area contributed by atoms with E-state index in [0.29, 0.717) is 17.3 Å². The van der Waals surface area contributed by atoms with E-state index in [9.17, 15) is 9.90 Å². The number of nitrogens with zero attached hydrogens (tertiary/aromatic N) is 1. The van der Waals surface area contributed by atoms with Gasteiger partial charge in [-0.15, -0.1) is 11.3 Å². The van der Waals surface area contributed by atoms with Gasteiger partial charge in [-0.1, -0.05) is 13.8 Å². The number of hydrogen-bond acceptors (Lipinski definition) is 5. The van der Waals surface area contributed by atoms with E-state index in [1.54, 1.807) is 0 Å². The van der Waals surface area contributed by atoms with Crippen LogP contribution in [-0.4, -0.2) is 34.3 Å². The van der Waals surface area contributed by atoms with Crippen LogP contribution >= 0.6 is 11.3 Å². The third kappa shape index (κ3) is 3.76. The molecule has 1 rings (SSSR count). The van der Waals surface area contributed by atoms with Gasteiger partial charge in [-0.3, -0.25) is 0 Å². The van der Waals surface area contributed by atoms with Crippen LogP contribution in [0.1, 0.15) is 41.9 Å². The summed E-state index contributed by atoms with van der Waals surface area (Å²) in [7, 11) is 1.85. The fourth-order valence-corrected chi connectivity index (χ4v) is 2.39. The molecule has 1 aromatic rings. The Balaban J connectivity index is 2.68. The summed E-state index contributed by atoms with van der Waals surface area (Å²) in [5.74, 6) is -0.665. The van der Waals surface area contributed by atoms with E-state index in [2.05, 4.69) is 24.1 Å². The summed E-state index contributed by atoms with van der Waals surface area (Å²) < 4.78 is 0. The number of carboxylic acids is 1. The molecule has 0 bridgehead atoms. The summed E-state index contributed by atoms with van der Waals surface area (Å²) in [5.41, 5.74) is -0.00500. The van der Waals surface area contributed by atoms with E-state index in [0.717, 1.165) is 0 Å². The van der Waals surface area contributed by atoms with E-state index >= 15 is 0 Å². The van der Waals surface area contributed by atoms with Crippen molar-refractivity contribution in [2.24, 2.45) is 5.92 Å². The average molecular weight is 258 g/mol. The second-order valence-electron chi connectivity index (χ2n) is 4.27. The molecule has 5 nitrogen and oxygen atoms in total. The molecule has 1 aromatic heterocycles. The topological polar surface area (TPSA) is 82.5 Å². The molecular weight excluding hydrogens is 240 g/mol. The highest BCUT2D eigenvalue weighted by Gasteiger charge is 2.20. The van der Waals surface area contributed by atoms with Gasteiger partial charge in [0.05, 0.1) is 0 Å². The second-order valence-corrected chi connectivity index (χ2v) is 5.16. The smallest absolute Gasteiger partial charge is 0.355 e. The van der Waals surface area contributed by atoms with Crippen molar-refractivity contribution in [1.82, 2.24) is 10.3 Å². The van der Waals surface area contributed by atoms with Gasteiger partial charge in [0.1, 0.15) is 11.1 Å². The summed E-state index contributed by atoms with van der Waals surface area (Å²) in [6, 6.07) is 0.183. The number of rotatable bonds is 6. The second kappa shape index (κ2) is 6.09. The molecule has 0 aromatic carbocycles. The zero-order valence-electron chi connectivity index (χ0n) is 10.2. The Morgan fingerprint density at radius 1 is 1.59 bits per heavy atom. The fraction of sp³-hybridized carbons (Fsp3) is 0.636. The largest absolute Gasteiger partial charge is 0.476 e. The SMILES string of the molecule is CN[C@H](C[C@@H](O)c1nc(C(=O)O)cs1)C(C)C. The lowest BCUT2D eigenvalue weighted by molar-refractivity contribution is 0.0690. The standard InChI is InChI=1S/C11H18N2O3S/c1-6(2)7(12-3)4-9(14)10-13-8(5-17-10)11(15)16/h5-7,9,12,14H,4H2,1-3H3,(H,15,16)/t7-,9-/m1/s1. The van der Waals surface area contributed by atoms with Crippen LogP contribution in [0.15, 0.2) is 5.38 Å². The predicted octanol–water partition coefficient (Wildman–Crippen LogP) is 1.51. The lowest BCUT2D eigenvalue weighted by Crippen LogP contribution is -2.32. The first-order valence-corrected chi connectivity index (χ1v) is 6.37. The Morgan fingerprint density at radius 3 is 2.65 bits per heavy atom. The summed E-state index contributed by atoms with van der Waals surface area (Å²) in [6.07, 6.45) is -0.186. The molecule has 17 heavy (non-hydrogen) atoms. The van der Waals surface area contributed by atoms with Crippen LogP contribution in [-0.2, 0) is 0 Å². The summed E-state index contributed by atoms with van der Waals surface area (Å²) in [4.78, 5) is 14.6. The van der Waals surface area contributed by atoms with Gasteiger partial charge in [0.2, 0.25) is 0 Å². The highest BCUT2D eigenvalue weighted by atomic mass is 32.1. The van der Waals surface area contributed by atoms with Crippen molar-refractivity contribution in [3.63, 3.8) is 0 Å². The molecule has 0 radical (unpaired) electrons. The molecule has 96 valence electrons. The van der Waals surface area contributed by atoms with E-state index in [1.165, 1.54) is 16.7 Å². The zero-order valence-corrected chi connectivity index (χ0v) is 11.0. The minimum atomic E-state index is -1.06. The van der Waals surface area contributed by atoms with E-state index in [1.807, 2.05) is 7.05 Å². The average Bonchev–Trinajstić information content (AvgIpc) is 2.74. The van der Waals surface area contributed by atoms with Crippen LogP contribution in [0.25, 0.3) is 0 Å². The van der Waals surface area contributed by atoms with Gasteiger partial charge in [0.25, 0.3) is 0 Å². The molecule has 1 heterocycles. The summed E-state index contributed by atoms with van der Waals surface area (Å²) in [6.45, 7) is 4.14. The van der Waals surface area contributed by atoms with Crippen LogP contribution in [0.5, 0.6) is 0 Å². The molecule has 0 saturated heterocycles. The van der Waals surface area contributed by atoms with Gasteiger partial charge in [0, 0.05) is 11.4 Å². The first kappa shape index (κ1) is 14.1. The number of aromatic carboxylic acids is 1. The molecular formula is C11H18N2O3S. The lowest BCUT2D eigenvalue weighted by Gasteiger charge is -2.22. The van der Waals surface area contributed by atoms with Crippen LogP contribution in [0.3, 0.4) is 0 Å². The number of thiazole rings is 1. The predicted molar refractivity (Wildman–Crippen MR) is 66.3 cm³/mol. The quantitative estimate of drug-likeness (QED) is 0.720. The van der Waals surface area contributed by atoms with Crippen LogP contribution < -0.4 is 5.32 Å². The number of nitrogens with one attached hydrogen (secondary N) is 1. The van der Waals surface area contributed by atoms with Crippen molar-refractivity contribution < 1.29 is 15.0 Å². The zero-order chi connectivity index (χ0) is 13.0. The third-order valence-corrected chi connectivity index (χ3v) is 3.62. The molecule has 0 aliphatic rings. The van der Waals surface area contributed by atoms with Crippen molar-refractivity contribution in [1.29, 1.82) is 0 Å². The van der Waals surface area contributed by atoms with Gasteiger partial charge in [0.15, 0.2) is 5.69 Å². The fourth-order valence-electron chi connectivity index (χ4n) is 1.60. The Kier molecular flexibility index (Phi) is 5.04. The molecule has 6 heteroatoms. The molecule has 0 aliphatic carbocycles. The Bertz CT molecular complexity index is 379. The molecule has 0 aliphatic heterocycles. The molecule has 0 unspecified atom stereocenters. The number of carbonyl (C=O) groups is 1. The van der Waals surface area contributed by atoms with Crippen molar-refractivity contribution in [2.45, 2.75) is 32.4 Å². The minimum Gasteiger partial charge on any atom is -0.476 e. The van der Waals surface area contributed by atoms with Crippen LogP contribution in [0, 0.1) is 5.92 Å². The molecule has 2 atom stereocenters. The van der Waals surface area contributed by atoms with Gasteiger partial charge in [-0.2, -0.15) is 0 Å². The highest BCUT2D eigenvalue weighted by molar-refractivity contribution is 7.09. The minimum absolute atomic E-state index is 0.00500.